The lowest BCUT2D eigenvalue weighted by Crippen LogP contribution is -2.36. The first-order valence-corrected chi connectivity index (χ1v) is 7.90. The number of hydrogen-bond donors (Lipinski definition) is 1. The molecule has 112 valence electrons. The molecule has 1 fully saturated rings. The van der Waals surface area contributed by atoms with Crippen LogP contribution in [-0.2, 0) is 6.42 Å². The van der Waals surface area contributed by atoms with Crippen LogP contribution in [0.5, 0.6) is 0 Å². The lowest BCUT2D eigenvalue weighted by Gasteiger charge is -2.30. The third-order valence-electron chi connectivity index (χ3n) is 4.26. The summed E-state index contributed by atoms with van der Waals surface area (Å²) in [6, 6.07) is 9.11. The molecule has 0 radical (unpaired) electrons. The van der Waals surface area contributed by atoms with Crippen molar-refractivity contribution in [2.45, 2.75) is 38.6 Å². The average Bonchev–Trinajstić information content (AvgIpc) is 3.05. The van der Waals surface area contributed by atoms with E-state index in [1.165, 1.54) is 36.7 Å². The van der Waals surface area contributed by atoms with Crippen LogP contribution in [0.15, 0.2) is 30.6 Å². The zero-order chi connectivity index (χ0) is 14.5. The quantitative estimate of drug-likeness (QED) is 0.915. The number of piperidine rings is 1. The Hall–Kier alpha value is -1.75. The number of hydrogen-bond acceptors (Lipinski definition) is 4. The lowest BCUT2D eigenvalue weighted by atomic mass is 9.87. The van der Waals surface area contributed by atoms with Gasteiger partial charge in [-0.3, -0.25) is 0 Å². The fourth-order valence-corrected chi connectivity index (χ4v) is 3.22. The van der Waals surface area contributed by atoms with Crippen molar-refractivity contribution in [1.29, 1.82) is 0 Å². The molecule has 1 aliphatic rings. The van der Waals surface area contributed by atoms with Gasteiger partial charge >= 0.3 is 0 Å². The highest BCUT2D eigenvalue weighted by molar-refractivity contribution is 5.26. The number of tetrazole rings is 1. The number of aryl methyl sites for hydroxylation is 1. The lowest BCUT2D eigenvalue weighted by molar-refractivity contribution is 0.261. The summed E-state index contributed by atoms with van der Waals surface area (Å²) in [5, 5.41) is 15.8. The normalized spacial score (nSPS) is 20.3. The van der Waals surface area contributed by atoms with Crippen LogP contribution in [0.4, 0.5) is 0 Å². The van der Waals surface area contributed by atoms with Gasteiger partial charge in [0, 0.05) is 6.54 Å². The third kappa shape index (κ3) is 3.29. The zero-order valence-corrected chi connectivity index (χ0v) is 12.6. The van der Waals surface area contributed by atoms with Gasteiger partial charge in [0.05, 0.1) is 0 Å². The van der Waals surface area contributed by atoms with Gasteiger partial charge in [0.2, 0.25) is 0 Å². The van der Waals surface area contributed by atoms with Crippen LogP contribution in [0.3, 0.4) is 0 Å². The van der Waals surface area contributed by atoms with Crippen molar-refractivity contribution in [2.75, 3.05) is 13.1 Å². The molecule has 1 aromatic carbocycles. The van der Waals surface area contributed by atoms with E-state index in [2.05, 4.69) is 51.9 Å². The molecule has 5 heteroatoms. The number of rotatable bonds is 5. The first-order chi connectivity index (χ1) is 10.4. The second-order valence-corrected chi connectivity index (χ2v) is 5.80. The molecule has 2 heterocycles. The predicted molar refractivity (Wildman–Crippen MR) is 82.0 cm³/mol. The molecule has 0 amide bonds. The molecule has 21 heavy (non-hydrogen) atoms. The topological polar surface area (TPSA) is 55.6 Å². The molecule has 0 aliphatic carbocycles. The van der Waals surface area contributed by atoms with Gasteiger partial charge < -0.3 is 5.32 Å². The molecular formula is C16H23N5. The summed E-state index contributed by atoms with van der Waals surface area (Å²) in [7, 11) is 0. The number of nitrogens with zero attached hydrogens (tertiary/aromatic N) is 4. The van der Waals surface area contributed by atoms with Crippen molar-refractivity contribution < 1.29 is 0 Å². The molecule has 0 spiro atoms. The van der Waals surface area contributed by atoms with E-state index in [-0.39, 0.29) is 6.04 Å². The molecule has 5 nitrogen and oxygen atoms in total. The largest absolute Gasteiger partial charge is 0.316 e. The Kier molecular flexibility index (Phi) is 4.60. The molecule has 1 aromatic heterocycles. The van der Waals surface area contributed by atoms with Gasteiger partial charge in [-0.15, -0.1) is 10.2 Å². The summed E-state index contributed by atoms with van der Waals surface area (Å²) >= 11 is 0. The van der Waals surface area contributed by atoms with Crippen molar-refractivity contribution in [3.05, 3.63) is 41.7 Å². The van der Waals surface area contributed by atoms with Crippen molar-refractivity contribution >= 4 is 0 Å². The molecule has 1 aliphatic heterocycles. The Bertz CT molecular complexity index is 528. The maximum atomic E-state index is 4.29. The maximum Gasteiger partial charge on any atom is 0.162 e. The number of benzene rings is 1. The number of aromatic nitrogens is 4. The van der Waals surface area contributed by atoms with Crippen molar-refractivity contribution in [3.63, 3.8) is 0 Å². The Labute approximate surface area is 125 Å². The van der Waals surface area contributed by atoms with Crippen molar-refractivity contribution in [2.24, 2.45) is 5.92 Å². The smallest absolute Gasteiger partial charge is 0.162 e. The Morgan fingerprint density at radius 3 is 2.81 bits per heavy atom. The number of nitrogens with one attached hydrogen (secondary N) is 1. The summed E-state index contributed by atoms with van der Waals surface area (Å²) in [5.74, 6) is 0.518. The Morgan fingerprint density at radius 1 is 1.33 bits per heavy atom. The zero-order valence-electron chi connectivity index (χ0n) is 12.6. The molecule has 1 N–H and O–H groups in total. The van der Waals surface area contributed by atoms with E-state index in [4.69, 9.17) is 0 Å². The van der Waals surface area contributed by atoms with Crippen LogP contribution in [0.1, 0.15) is 43.4 Å². The fourth-order valence-electron chi connectivity index (χ4n) is 3.22. The standard InChI is InChI=1S/C16H23N5/c1-2-4-13-6-8-14(9-7-13)16(21-19-12-18-20-21)15-5-3-10-17-11-15/h6-9,12,15-17H,2-5,10-11H2,1H3/t15-,16-/m0/s1. The highest BCUT2D eigenvalue weighted by atomic mass is 15.6. The van der Waals surface area contributed by atoms with E-state index in [1.807, 2.05) is 0 Å². The molecule has 1 saturated heterocycles. The minimum absolute atomic E-state index is 0.177. The molecule has 2 aromatic rings. The second kappa shape index (κ2) is 6.80. The van der Waals surface area contributed by atoms with E-state index in [1.54, 1.807) is 4.80 Å². The molecule has 0 saturated carbocycles. The first-order valence-electron chi connectivity index (χ1n) is 7.90. The Balaban J connectivity index is 1.87. The van der Waals surface area contributed by atoms with E-state index < -0.39 is 0 Å². The van der Waals surface area contributed by atoms with Crippen LogP contribution in [0.25, 0.3) is 0 Å². The van der Waals surface area contributed by atoms with E-state index in [9.17, 15) is 0 Å². The monoisotopic (exact) mass is 285 g/mol. The van der Waals surface area contributed by atoms with Crippen LogP contribution in [0.2, 0.25) is 0 Å². The third-order valence-corrected chi connectivity index (χ3v) is 4.26. The summed E-state index contributed by atoms with van der Waals surface area (Å²) in [6.45, 7) is 4.34. The van der Waals surface area contributed by atoms with Crippen LogP contribution in [0, 0.1) is 5.92 Å². The van der Waals surface area contributed by atoms with Gasteiger partial charge in [-0.1, -0.05) is 37.6 Å². The molecule has 2 atom stereocenters. The second-order valence-electron chi connectivity index (χ2n) is 5.80. The van der Waals surface area contributed by atoms with E-state index >= 15 is 0 Å². The van der Waals surface area contributed by atoms with Gasteiger partial charge in [-0.25, -0.2) is 0 Å². The van der Waals surface area contributed by atoms with Crippen LogP contribution < -0.4 is 5.32 Å². The fraction of sp³-hybridized carbons (Fsp3) is 0.562. The van der Waals surface area contributed by atoms with Crippen molar-refractivity contribution in [1.82, 2.24) is 25.5 Å². The van der Waals surface area contributed by atoms with Gasteiger partial charge in [0.25, 0.3) is 0 Å². The van der Waals surface area contributed by atoms with Gasteiger partial charge in [-0.05, 0) is 48.1 Å². The molecule has 3 rings (SSSR count). The maximum absolute atomic E-state index is 4.29. The van der Waals surface area contributed by atoms with E-state index in [0.29, 0.717) is 5.92 Å². The summed E-state index contributed by atoms with van der Waals surface area (Å²) < 4.78 is 0. The minimum Gasteiger partial charge on any atom is -0.316 e. The van der Waals surface area contributed by atoms with Crippen LogP contribution >= 0.6 is 0 Å². The molecular weight excluding hydrogens is 262 g/mol. The van der Waals surface area contributed by atoms with E-state index in [0.717, 1.165) is 19.5 Å². The first kappa shape index (κ1) is 14.2. The highest BCUT2D eigenvalue weighted by Crippen LogP contribution is 2.30. The summed E-state index contributed by atoms with van der Waals surface area (Å²) in [4.78, 5) is 1.77. The van der Waals surface area contributed by atoms with Crippen LogP contribution in [-0.4, -0.2) is 33.3 Å². The van der Waals surface area contributed by atoms with Gasteiger partial charge in [0.1, 0.15) is 6.04 Å². The SMILES string of the molecule is CCCc1ccc([C@@H]([C@H]2CCCNC2)n2ncnn2)cc1. The van der Waals surface area contributed by atoms with Crippen molar-refractivity contribution in [3.8, 4) is 0 Å². The van der Waals surface area contributed by atoms with Gasteiger partial charge in [-0.2, -0.15) is 4.80 Å². The summed E-state index contributed by atoms with van der Waals surface area (Å²) in [5.41, 5.74) is 2.68. The molecule has 0 bridgehead atoms. The molecule has 0 unspecified atom stereocenters. The average molecular weight is 285 g/mol. The highest BCUT2D eigenvalue weighted by Gasteiger charge is 2.28. The van der Waals surface area contributed by atoms with Gasteiger partial charge in [0.15, 0.2) is 6.33 Å². The minimum atomic E-state index is 0.177. The summed E-state index contributed by atoms with van der Waals surface area (Å²) in [6.07, 6.45) is 6.26. The Morgan fingerprint density at radius 2 is 2.19 bits per heavy atom. The predicted octanol–water partition coefficient (Wildman–Crippen LogP) is 2.21.